The lowest BCUT2D eigenvalue weighted by Gasteiger charge is -1.91. The van der Waals surface area contributed by atoms with Gasteiger partial charge in [-0.25, -0.2) is 8.78 Å². The summed E-state index contributed by atoms with van der Waals surface area (Å²) >= 11 is 0. The Morgan fingerprint density at radius 2 is 1.67 bits per heavy atom. The van der Waals surface area contributed by atoms with Gasteiger partial charge in [-0.05, 0) is 12.1 Å². The van der Waals surface area contributed by atoms with Gasteiger partial charge in [0.25, 0.3) is 0 Å². The summed E-state index contributed by atoms with van der Waals surface area (Å²) < 4.78 is 24.9. The highest BCUT2D eigenvalue weighted by atomic mass is 19.1. The first-order valence-corrected chi connectivity index (χ1v) is 3.08. The molecule has 0 saturated carbocycles. The standard InChI is InChI=1S/C9H3F2N/c10-8-4-7(2-1-3-12)5-9(11)6-8/h4-6H. The van der Waals surface area contributed by atoms with Crippen LogP contribution in [0.5, 0.6) is 0 Å². The Balaban J connectivity index is 3.11. The lowest BCUT2D eigenvalue weighted by molar-refractivity contribution is 0.582. The number of hydrogen-bond acceptors (Lipinski definition) is 1. The van der Waals surface area contributed by atoms with Crippen LogP contribution >= 0.6 is 0 Å². The second-order valence-corrected chi connectivity index (χ2v) is 2.02. The zero-order chi connectivity index (χ0) is 8.97. The maximum atomic E-state index is 12.5. The minimum Gasteiger partial charge on any atom is -0.207 e. The first-order valence-electron chi connectivity index (χ1n) is 3.08. The first kappa shape index (κ1) is 8.23. The molecule has 1 aromatic carbocycles. The van der Waals surface area contributed by atoms with Crippen LogP contribution in [0.1, 0.15) is 5.56 Å². The Labute approximate surface area is 68.2 Å². The van der Waals surface area contributed by atoms with Crippen LogP contribution in [0.3, 0.4) is 0 Å². The van der Waals surface area contributed by atoms with Crippen molar-refractivity contribution in [1.82, 2.24) is 0 Å². The van der Waals surface area contributed by atoms with E-state index in [1.54, 1.807) is 6.07 Å². The van der Waals surface area contributed by atoms with E-state index >= 15 is 0 Å². The average Bonchev–Trinajstić information content (AvgIpc) is 1.99. The molecule has 3 heteroatoms. The predicted octanol–water partition coefficient (Wildman–Crippen LogP) is 1.84. The molecule has 0 fully saturated rings. The van der Waals surface area contributed by atoms with E-state index in [1.807, 2.05) is 5.92 Å². The van der Waals surface area contributed by atoms with E-state index in [9.17, 15) is 8.78 Å². The Morgan fingerprint density at radius 1 is 1.08 bits per heavy atom. The van der Waals surface area contributed by atoms with E-state index in [0.29, 0.717) is 0 Å². The van der Waals surface area contributed by atoms with Gasteiger partial charge in [0, 0.05) is 17.6 Å². The lowest BCUT2D eigenvalue weighted by Crippen LogP contribution is -1.82. The number of benzene rings is 1. The molecule has 1 nitrogen and oxygen atoms in total. The Hall–Kier alpha value is -1.87. The number of rotatable bonds is 0. The summed E-state index contributed by atoms with van der Waals surface area (Å²) in [7, 11) is 0. The molecule has 0 amide bonds. The molecule has 1 rings (SSSR count). The van der Waals surface area contributed by atoms with Crippen molar-refractivity contribution in [1.29, 1.82) is 5.26 Å². The van der Waals surface area contributed by atoms with E-state index < -0.39 is 11.6 Å². The summed E-state index contributed by atoms with van der Waals surface area (Å²) in [5, 5.41) is 8.06. The molecular weight excluding hydrogens is 160 g/mol. The first-order chi connectivity index (χ1) is 5.72. The number of halogens is 2. The van der Waals surface area contributed by atoms with Crippen LogP contribution in [0.15, 0.2) is 18.2 Å². The summed E-state index contributed by atoms with van der Waals surface area (Å²) in [6, 6.07) is 4.42. The van der Waals surface area contributed by atoms with Crippen LogP contribution in [0.2, 0.25) is 0 Å². The monoisotopic (exact) mass is 163 g/mol. The number of nitrogens with zero attached hydrogens (tertiary/aromatic N) is 1. The third-order valence-electron chi connectivity index (χ3n) is 1.13. The van der Waals surface area contributed by atoms with Crippen molar-refractivity contribution in [2.45, 2.75) is 0 Å². The third-order valence-corrected chi connectivity index (χ3v) is 1.13. The number of hydrogen-bond donors (Lipinski definition) is 0. The van der Waals surface area contributed by atoms with Gasteiger partial charge >= 0.3 is 0 Å². The average molecular weight is 163 g/mol. The lowest BCUT2D eigenvalue weighted by atomic mass is 10.2. The SMILES string of the molecule is N#CC#Cc1cc(F)cc(F)c1. The van der Waals surface area contributed by atoms with Crippen LogP contribution in [0, 0.1) is 34.8 Å². The molecule has 0 bridgehead atoms. The summed E-state index contributed by atoms with van der Waals surface area (Å²) in [6.07, 6.45) is 0. The van der Waals surface area contributed by atoms with Gasteiger partial charge in [-0.3, -0.25) is 0 Å². The Kier molecular flexibility index (Phi) is 2.40. The summed E-state index contributed by atoms with van der Waals surface area (Å²) in [5.41, 5.74) is 0.161. The van der Waals surface area contributed by atoms with Gasteiger partial charge in [-0.2, -0.15) is 5.26 Å². The van der Waals surface area contributed by atoms with Gasteiger partial charge in [-0.15, -0.1) is 0 Å². The van der Waals surface area contributed by atoms with Crippen molar-refractivity contribution in [2.75, 3.05) is 0 Å². The molecule has 0 aliphatic carbocycles. The molecule has 0 aromatic heterocycles. The highest BCUT2D eigenvalue weighted by Crippen LogP contribution is 2.05. The van der Waals surface area contributed by atoms with Gasteiger partial charge in [-0.1, -0.05) is 5.92 Å². The number of nitriles is 1. The molecule has 0 heterocycles. The zero-order valence-corrected chi connectivity index (χ0v) is 5.94. The molecule has 0 N–H and O–H groups in total. The Bertz CT molecular complexity index is 373. The van der Waals surface area contributed by atoms with Gasteiger partial charge in [0.2, 0.25) is 0 Å². The molecule has 12 heavy (non-hydrogen) atoms. The smallest absolute Gasteiger partial charge is 0.152 e. The van der Waals surface area contributed by atoms with Crippen molar-refractivity contribution in [3.8, 4) is 17.9 Å². The van der Waals surface area contributed by atoms with E-state index in [0.717, 1.165) is 18.2 Å². The predicted molar refractivity (Wildman–Crippen MR) is 38.8 cm³/mol. The van der Waals surface area contributed by atoms with Gasteiger partial charge < -0.3 is 0 Å². The molecule has 0 atom stereocenters. The fourth-order valence-corrected chi connectivity index (χ4v) is 0.726. The Morgan fingerprint density at radius 3 is 2.17 bits per heavy atom. The van der Waals surface area contributed by atoms with E-state index in [1.165, 1.54) is 0 Å². The van der Waals surface area contributed by atoms with Crippen molar-refractivity contribution >= 4 is 0 Å². The van der Waals surface area contributed by atoms with Gasteiger partial charge in [0.1, 0.15) is 11.6 Å². The van der Waals surface area contributed by atoms with Gasteiger partial charge in [0.05, 0.1) is 0 Å². The fourth-order valence-electron chi connectivity index (χ4n) is 0.726. The third kappa shape index (κ3) is 2.07. The van der Waals surface area contributed by atoms with Crippen molar-refractivity contribution in [3.05, 3.63) is 35.4 Å². The largest absolute Gasteiger partial charge is 0.207 e. The highest BCUT2D eigenvalue weighted by molar-refractivity contribution is 5.38. The minimum absolute atomic E-state index is 0.161. The summed E-state index contributed by atoms with van der Waals surface area (Å²) in [6.45, 7) is 0. The molecule has 1 aromatic rings. The van der Waals surface area contributed by atoms with Crippen molar-refractivity contribution < 1.29 is 8.78 Å². The molecule has 0 aliphatic heterocycles. The van der Waals surface area contributed by atoms with Crippen LogP contribution in [-0.2, 0) is 0 Å². The highest BCUT2D eigenvalue weighted by Gasteiger charge is 1.96. The normalized spacial score (nSPS) is 8.08. The minimum atomic E-state index is -0.697. The maximum Gasteiger partial charge on any atom is 0.152 e. The molecule has 0 spiro atoms. The molecular formula is C9H3F2N. The fraction of sp³-hybridized carbons (Fsp3) is 0. The van der Waals surface area contributed by atoms with Crippen LogP contribution in [0.25, 0.3) is 0 Å². The van der Waals surface area contributed by atoms with Crippen molar-refractivity contribution in [3.63, 3.8) is 0 Å². The van der Waals surface area contributed by atoms with Crippen LogP contribution < -0.4 is 0 Å². The molecule has 0 radical (unpaired) electrons. The van der Waals surface area contributed by atoms with E-state index in [4.69, 9.17) is 5.26 Å². The molecule has 0 unspecified atom stereocenters. The summed E-state index contributed by atoms with van der Waals surface area (Å²) in [5.74, 6) is 2.93. The second-order valence-electron chi connectivity index (χ2n) is 2.02. The topological polar surface area (TPSA) is 23.8 Å². The molecule has 0 aliphatic rings. The van der Waals surface area contributed by atoms with Crippen LogP contribution in [0.4, 0.5) is 8.78 Å². The van der Waals surface area contributed by atoms with Crippen LogP contribution in [-0.4, -0.2) is 0 Å². The zero-order valence-electron chi connectivity index (χ0n) is 5.94. The van der Waals surface area contributed by atoms with Gasteiger partial charge in [0.15, 0.2) is 6.07 Å². The van der Waals surface area contributed by atoms with E-state index in [2.05, 4.69) is 5.92 Å². The molecule has 0 saturated heterocycles. The quantitative estimate of drug-likeness (QED) is 0.535. The second kappa shape index (κ2) is 3.50. The van der Waals surface area contributed by atoms with Crippen molar-refractivity contribution in [2.24, 2.45) is 0 Å². The maximum absolute atomic E-state index is 12.5. The van der Waals surface area contributed by atoms with E-state index in [-0.39, 0.29) is 5.56 Å². The summed E-state index contributed by atoms with van der Waals surface area (Å²) in [4.78, 5) is 0. The molecule has 58 valence electrons.